The topological polar surface area (TPSA) is 160 Å². The number of carbonyl (C=O) groups excluding carboxylic acids is 1. The average Bonchev–Trinajstić information content (AvgIpc) is 3.69. The van der Waals surface area contributed by atoms with Gasteiger partial charge >= 0.3 is 5.69 Å². The average molecular weight is 912 g/mol. The molecule has 0 spiro atoms. The molecule has 61 heavy (non-hydrogen) atoms. The third-order valence-corrected chi connectivity index (χ3v) is 13.0. The van der Waals surface area contributed by atoms with Gasteiger partial charge in [0.1, 0.15) is 23.3 Å². The van der Waals surface area contributed by atoms with Gasteiger partial charge in [0.25, 0.3) is 5.91 Å². The van der Waals surface area contributed by atoms with Gasteiger partial charge < -0.3 is 33.7 Å². The lowest BCUT2D eigenvalue weighted by molar-refractivity contribution is -0.197. The van der Waals surface area contributed by atoms with E-state index in [1.54, 1.807) is 49.2 Å². The van der Waals surface area contributed by atoms with Gasteiger partial charge in [-0.05, 0) is 103 Å². The molecule has 15 heteroatoms. The van der Waals surface area contributed by atoms with Crippen molar-refractivity contribution in [2.45, 2.75) is 64.1 Å². The lowest BCUT2D eigenvalue weighted by Crippen LogP contribution is -2.39. The lowest BCUT2D eigenvalue weighted by Gasteiger charge is -2.41. The van der Waals surface area contributed by atoms with Crippen LogP contribution in [0.25, 0.3) is 0 Å². The molecule has 1 amide bonds. The summed E-state index contributed by atoms with van der Waals surface area (Å²) in [5, 5.41) is 13.4. The van der Waals surface area contributed by atoms with Gasteiger partial charge in [-0.3, -0.25) is 14.0 Å². The van der Waals surface area contributed by atoms with Gasteiger partial charge in [0, 0.05) is 38.3 Å². The van der Waals surface area contributed by atoms with Gasteiger partial charge in [-0.1, -0.05) is 72.8 Å². The molecule has 5 unspecified atom stereocenters. The molecule has 0 aliphatic carbocycles. The maximum absolute atomic E-state index is 13.8. The molecule has 13 nitrogen and oxygen atoms in total. The fourth-order valence-electron chi connectivity index (χ4n) is 7.74. The van der Waals surface area contributed by atoms with Crippen LogP contribution < -0.4 is 25.4 Å². The maximum atomic E-state index is 13.8. The fraction of sp³-hybridized carbons (Fsp3) is 0.348. The second-order valence-corrected chi connectivity index (χ2v) is 17.2. The van der Waals surface area contributed by atoms with Crippen molar-refractivity contribution in [1.29, 1.82) is 5.26 Å². The molecular weight excluding hydrogens is 861 g/mol. The molecule has 4 aromatic carbocycles. The van der Waals surface area contributed by atoms with Gasteiger partial charge in [0.05, 0.1) is 50.0 Å². The van der Waals surface area contributed by atoms with Crippen molar-refractivity contribution in [3.63, 3.8) is 0 Å². The van der Waals surface area contributed by atoms with E-state index in [0.717, 1.165) is 16.7 Å². The normalized spacial score (nSPS) is 17.6. The molecule has 1 N–H and O–H groups in total. The van der Waals surface area contributed by atoms with E-state index in [1.807, 2.05) is 107 Å². The van der Waals surface area contributed by atoms with Crippen molar-refractivity contribution < 1.29 is 33.2 Å². The minimum Gasteiger partial charge on any atom is -0.796 e. The van der Waals surface area contributed by atoms with Crippen molar-refractivity contribution in [3.8, 4) is 17.6 Å². The van der Waals surface area contributed by atoms with E-state index in [1.165, 1.54) is 10.8 Å². The summed E-state index contributed by atoms with van der Waals surface area (Å²) in [6.45, 7) is 7.56. The minimum atomic E-state index is -2.27. The fourth-order valence-corrected chi connectivity index (χ4v) is 9.32. The molecule has 6 rings (SSSR count). The molecule has 0 bridgehead atoms. The number of nitriles is 1. The number of benzene rings is 4. The highest BCUT2D eigenvalue weighted by Crippen LogP contribution is 2.45. The third kappa shape index (κ3) is 10.4. The molecule has 0 saturated carbocycles. The van der Waals surface area contributed by atoms with E-state index >= 15 is 0 Å². The summed E-state index contributed by atoms with van der Waals surface area (Å²) in [6.07, 6.45) is 0.0406. The summed E-state index contributed by atoms with van der Waals surface area (Å²) in [5.74, 6) is -0.427. The maximum Gasteiger partial charge on any atom is 0.351 e. The number of halogens is 1. The van der Waals surface area contributed by atoms with E-state index in [2.05, 4.69) is 32.3 Å². The van der Waals surface area contributed by atoms with Gasteiger partial charge in [0.15, 0.2) is 5.82 Å². The molecule has 1 fully saturated rings. The van der Waals surface area contributed by atoms with Crippen LogP contribution in [0.2, 0.25) is 0 Å². The Morgan fingerprint density at radius 2 is 1.48 bits per heavy atom. The molecule has 0 radical (unpaired) electrons. The Morgan fingerprint density at radius 1 is 0.934 bits per heavy atom. The molecule has 1 aliphatic heterocycles. The number of rotatable bonds is 18. The van der Waals surface area contributed by atoms with E-state index in [9.17, 15) is 19.7 Å². The SMILES string of the molecule is COc1ccc(C(OCC2OC(n3cc(Br)c(NC(=O)c4ccccc4)nc3=O)CC2C(C#N)COP([O-])N(C(C)C)C(C)C)(c2ccccc2)c2ccc(OC)cc2)cc1. The second kappa shape index (κ2) is 20.7. The van der Waals surface area contributed by atoms with Crippen molar-refractivity contribution in [3.05, 3.63) is 153 Å². The summed E-state index contributed by atoms with van der Waals surface area (Å²) in [4.78, 5) is 44.4. The standard InChI is InChI=1S/C46H50BrN5O8P/c1-30(2)52(31(3)4)61(55)59-28-33(26-48)39-25-42(51-27-40(47)43(50-45(51)54)49-44(53)32-13-9-7-10-14-32)60-41(39)29-58-46(34-15-11-8-12-16-34,35-17-21-37(56-5)22-18-35)36-19-23-38(57-6)24-20-36/h7-24,27,30-31,33,39,41-42H,25,28-29H2,1-6H3,(H,49,50,53,54)/q-1. The van der Waals surface area contributed by atoms with Crippen LogP contribution in [-0.2, 0) is 19.6 Å². The monoisotopic (exact) mass is 910 g/mol. The second-order valence-electron chi connectivity index (χ2n) is 15.1. The van der Waals surface area contributed by atoms with Crippen LogP contribution in [0.1, 0.15) is 67.4 Å². The first-order valence-corrected chi connectivity index (χ1v) is 21.9. The molecular formula is C46H50BrN5O8P-. The van der Waals surface area contributed by atoms with E-state index in [0.29, 0.717) is 21.5 Å². The van der Waals surface area contributed by atoms with Crippen molar-refractivity contribution in [1.82, 2.24) is 14.2 Å². The van der Waals surface area contributed by atoms with Crippen molar-refractivity contribution in [2.24, 2.45) is 11.8 Å². The van der Waals surface area contributed by atoms with Gasteiger partial charge in [0.2, 0.25) is 0 Å². The molecule has 1 aromatic heterocycles. The minimum absolute atomic E-state index is 0.0445. The zero-order valence-electron chi connectivity index (χ0n) is 34.9. The lowest BCUT2D eigenvalue weighted by atomic mass is 9.79. The molecule has 2 heterocycles. The van der Waals surface area contributed by atoms with Crippen LogP contribution in [0.3, 0.4) is 0 Å². The summed E-state index contributed by atoms with van der Waals surface area (Å²) >= 11 is 3.49. The predicted molar refractivity (Wildman–Crippen MR) is 235 cm³/mol. The number of amides is 1. The molecule has 320 valence electrons. The number of hydrogen-bond acceptors (Lipinski definition) is 11. The summed E-state index contributed by atoms with van der Waals surface area (Å²) < 4.78 is 34.4. The highest BCUT2D eigenvalue weighted by atomic mass is 79.9. The Morgan fingerprint density at radius 3 is 2.00 bits per heavy atom. The highest BCUT2D eigenvalue weighted by molar-refractivity contribution is 9.10. The number of carbonyl (C=O) groups is 1. The molecule has 5 aromatic rings. The number of nitrogens with one attached hydrogen (secondary N) is 1. The largest absolute Gasteiger partial charge is 0.796 e. The van der Waals surface area contributed by atoms with E-state index < -0.39 is 49.9 Å². The number of ether oxygens (including phenoxy) is 4. The summed E-state index contributed by atoms with van der Waals surface area (Å²) in [7, 11) is 0.940. The van der Waals surface area contributed by atoms with Crippen LogP contribution in [0.5, 0.6) is 11.5 Å². The zero-order valence-corrected chi connectivity index (χ0v) is 37.4. The van der Waals surface area contributed by atoms with Crippen LogP contribution in [0, 0.1) is 23.2 Å². The van der Waals surface area contributed by atoms with Gasteiger partial charge in [-0.2, -0.15) is 10.2 Å². The van der Waals surface area contributed by atoms with E-state index in [4.69, 9.17) is 23.5 Å². The molecule has 1 aliphatic rings. The Balaban J connectivity index is 1.38. The third-order valence-electron chi connectivity index (χ3n) is 10.7. The van der Waals surface area contributed by atoms with Crippen LogP contribution in [-0.4, -0.2) is 65.7 Å². The first kappa shape index (κ1) is 45.6. The van der Waals surface area contributed by atoms with Gasteiger partial charge in [-0.15, -0.1) is 0 Å². The van der Waals surface area contributed by atoms with Crippen LogP contribution >= 0.6 is 24.5 Å². The Bertz CT molecular complexity index is 2250. The number of anilines is 1. The van der Waals surface area contributed by atoms with Crippen molar-refractivity contribution in [2.75, 3.05) is 32.8 Å². The Labute approximate surface area is 366 Å². The quantitative estimate of drug-likeness (QED) is 0.0670. The van der Waals surface area contributed by atoms with Crippen LogP contribution in [0.15, 0.2) is 125 Å². The highest BCUT2D eigenvalue weighted by Gasteiger charge is 2.45. The Hall–Kier alpha value is -4.97. The summed E-state index contributed by atoms with van der Waals surface area (Å²) in [5.41, 5.74) is 0.944. The van der Waals surface area contributed by atoms with Crippen LogP contribution in [0.4, 0.5) is 5.82 Å². The number of methoxy groups -OCH3 is 2. The number of nitrogens with zero attached hydrogens (tertiary/aromatic N) is 4. The van der Waals surface area contributed by atoms with Crippen molar-refractivity contribution >= 4 is 36.2 Å². The first-order valence-electron chi connectivity index (χ1n) is 20.0. The molecule has 5 atom stereocenters. The predicted octanol–water partition coefficient (Wildman–Crippen LogP) is 8.05. The number of aromatic nitrogens is 2. The molecule has 1 saturated heterocycles. The first-order chi connectivity index (χ1) is 29.4. The Kier molecular flexibility index (Phi) is 15.5. The zero-order chi connectivity index (χ0) is 43.7. The van der Waals surface area contributed by atoms with E-state index in [-0.39, 0.29) is 37.5 Å². The van der Waals surface area contributed by atoms with Gasteiger partial charge in [-0.25, -0.2) is 4.79 Å². The number of hydrogen-bond donors (Lipinski definition) is 1. The summed E-state index contributed by atoms with van der Waals surface area (Å²) in [6, 6.07) is 35.9. The smallest absolute Gasteiger partial charge is 0.351 e.